The molecule has 5 rings (SSSR count). The minimum atomic E-state index is -0.806. The Morgan fingerprint density at radius 2 is 1.39 bits per heavy atom. The van der Waals surface area contributed by atoms with Gasteiger partial charge in [0, 0.05) is 18.1 Å². The van der Waals surface area contributed by atoms with Gasteiger partial charge in [-0.3, -0.25) is 9.78 Å². The average Bonchev–Trinajstić information content (AvgIpc) is 3.35. The first-order valence-electron chi connectivity index (χ1n) is 12.6. The van der Waals surface area contributed by atoms with Gasteiger partial charge < -0.3 is 9.30 Å². The zero-order valence-corrected chi connectivity index (χ0v) is 22.3. The summed E-state index contributed by atoms with van der Waals surface area (Å²) in [6, 6.07) is 33.2. The Balaban J connectivity index is 1.58. The molecule has 0 radical (unpaired) electrons. The van der Waals surface area contributed by atoms with E-state index in [-0.39, 0.29) is 0 Å². The number of benzene rings is 3. The highest BCUT2D eigenvalue weighted by Crippen LogP contribution is 2.41. The molecule has 0 fully saturated rings. The summed E-state index contributed by atoms with van der Waals surface area (Å²) in [5.74, 6) is 1.55. The standard InChI is InChI=1S/C32H29N3O2S/c1-3-38-29-19-24(20-33-30(29)31-34-21-28(22-36)35(31)2)23-37-32(25-13-7-4-8-14-25,26-15-9-5-10-16-26)27-17-11-6-12-18-27/h4-22H,3,23H2,1-2H3. The number of imidazole rings is 1. The topological polar surface area (TPSA) is 57.0 Å². The predicted molar refractivity (Wildman–Crippen MR) is 152 cm³/mol. The van der Waals surface area contributed by atoms with Gasteiger partial charge in [0.05, 0.1) is 12.8 Å². The molecule has 0 amide bonds. The molecule has 5 aromatic rings. The maximum Gasteiger partial charge on any atom is 0.168 e. The lowest BCUT2D eigenvalue weighted by molar-refractivity contribution is 0.0000475. The number of aldehydes is 1. The number of ether oxygens (including phenoxy) is 1. The van der Waals surface area contributed by atoms with E-state index in [9.17, 15) is 4.79 Å². The molecular weight excluding hydrogens is 490 g/mol. The van der Waals surface area contributed by atoms with Gasteiger partial charge in [0.25, 0.3) is 0 Å². The highest BCUT2D eigenvalue weighted by Gasteiger charge is 2.37. The van der Waals surface area contributed by atoms with E-state index < -0.39 is 5.60 Å². The molecule has 0 aliphatic carbocycles. The van der Waals surface area contributed by atoms with E-state index in [1.54, 1.807) is 22.5 Å². The van der Waals surface area contributed by atoms with E-state index in [1.165, 1.54) is 0 Å². The fraction of sp³-hybridized carbons (Fsp3) is 0.156. The molecular formula is C32H29N3O2S. The smallest absolute Gasteiger partial charge is 0.168 e. The first kappa shape index (κ1) is 25.6. The van der Waals surface area contributed by atoms with Crippen molar-refractivity contribution in [3.63, 3.8) is 0 Å². The first-order valence-corrected chi connectivity index (χ1v) is 13.6. The van der Waals surface area contributed by atoms with Crippen LogP contribution in [0.2, 0.25) is 0 Å². The minimum absolute atomic E-state index is 0.351. The van der Waals surface area contributed by atoms with Crippen LogP contribution in [0.25, 0.3) is 11.5 Å². The number of carbonyl (C=O) groups is 1. The van der Waals surface area contributed by atoms with Gasteiger partial charge in [-0.2, -0.15) is 0 Å². The number of hydrogen-bond donors (Lipinski definition) is 0. The number of aromatic nitrogens is 3. The number of carbonyl (C=O) groups excluding carboxylic acids is 1. The van der Waals surface area contributed by atoms with Gasteiger partial charge >= 0.3 is 0 Å². The van der Waals surface area contributed by atoms with Gasteiger partial charge in [0.15, 0.2) is 12.1 Å². The van der Waals surface area contributed by atoms with Crippen LogP contribution in [-0.2, 0) is 24.0 Å². The summed E-state index contributed by atoms with van der Waals surface area (Å²) in [4.78, 5) is 21.6. The first-order chi connectivity index (χ1) is 18.7. The van der Waals surface area contributed by atoms with Crippen LogP contribution in [0.3, 0.4) is 0 Å². The maximum atomic E-state index is 11.4. The van der Waals surface area contributed by atoms with Crippen molar-refractivity contribution in [2.45, 2.75) is 24.0 Å². The van der Waals surface area contributed by atoms with Crippen molar-refractivity contribution < 1.29 is 9.53 Å². The number of thioether (sulfide) groups is 1. The lowest BCUT2D eigenvalue weighted by Crippen LogP contribution is -2.32. The molecule has 0 bridgehead atoms. The van der Waals surface area contributed by atoms with E-state index in [1.807, 2.05) is 67.8 Å². The third-order valence-electron chi connectivity index (χ3n) is 6.56. The second-order valence-electron chi connectivity index (χ2n) is 8.87. The summed E-state index contributed by atoms with van der Waals surface area (Å²) < 4.78 is 8.76. The number of rotatable bonds is 10. The Labute approximate surface area is 227 Å². The van der Waals surface area contributed by atoms with E-state index in [0.717, 1.165) is 44.9 Å². The fourth-order valence-corrected chi connectivity index (χ4v) is 5.54. The Morgan fingerprint density at radius 3 is 1.87 bits per heavy atom. The number of nitrogens with zero attached hydrogens (tertiary/aromatic N) is 3. The third kappa shape index (κ3) is 4.93. The second-order valence-corrected chi connectivity index (χ2v) is 10.2. The normalized spacial score (nSPS) is 11.4. The van der Waals surface area contributed by atoms with Gasteiger partial charge in [0.1, 0.15) is 17.0 Å². The van der Waals surface area contributed by atoms with Gasteiger partial charge in [0.2, 0.25) is 0 Å². The van der Waals surface area contributed by atoms with Crippen LogP contribution in [0.4, 0.5) is 0 Å². The molecule has 0 unspecified atom stereocenters. The summed E-state index contributed by atoms with van der Waals surface area (Å²) >= 11 is 1.70. The van der Waals surface area contributed by atoms with Gasteiger partial charge in [-0.25, -0.2) is 4.98 Å². The molecule has 0 atom stereocenters. The molecule has 38 heavy (non-hydrogen) atoms. The molecule has 2 aromatic heterocycles. The van der Waals surface area contributed by atoms with E-state index >= 15 is 0 Å². The van der Waals surface area contributed by atoms with E-state index in [2.05, 4.69) is 54.4 Å². The van der Waals surface area contributed by atoms with Crippen LogP contribution in [0.1, 0.15) is 39.7 Å². The van der Waals surface area contributed by atoms with Crippen LogP contribution in [-0.4, -0.2) is 26.6 Å². The summed E-state index contributed by atoms with van der Waals surface area (Å²) in [6.07, 6.45) is 4.23. The highest BCUT2D eigenvalue weighted by atomic mass is 32.2. The molecule has 3 aromatic carbocycles. The van der Waals surface area contributed by atoms with Crippen LogP contribution in [0, 0.1) is 0 Å². The fourth-order valence-electron chi connectivity index (χ4n) is 4.71. The molecule has 0 saturated heterocycles. The monoisotopic (exact) mass is 519 g/mol. The van der Waals surface area contributed by atoms with Crippen molar-refractivity contribution in [3.05, 3.63) is 137 Å². The SMILES string of the molecule is CCSc1cc(COC(c2ccccc2)(c2ccccc2)c2ccccc2)cnc1-c1ncc(C=O)n1C. The zero-order valence-electron chi connectivity index (χ0n) is 21.5. The summed E-state index contributed by atoms with van der Waals surface area (Å²) in [5, 5.41) is 0. The minimum Gasteiger partial charge on any atom is -0.356 e. The Bertz CT molecular complexity index is 1410. The lowest BCUT2D eigenvalue weighted by Gasteiger charge is -2.36. The predicted octanol–water partition coefficient (Wildman–Crippen LogP) is 6.92. The average molecular weight is 520 g/mol. The van der Waals surface area contributed by atoms with Crippen LogP contribution in [0.5, 0.6) is 0 Å². The molecule has 190 valence electrons. The van der Waals surface area contributed by atoms with Crippen molar-refractivity contribution in [2.75, 3.05) is 5.75 Å². The maximum absolute atomic E-state index is 11.4. The van der Waals surface area contributed by atoms with Gasteiger partial charge in [-0.05, 0) is 34.1 Å². The van der Waals surface area contributed by atoms with Crippen molar-refractivity contribution in [1.29, 1.82) is 0 Å². The molecule has 2 heterocycles. The lowest BCUT2D eigenvalue weighted by atomic mass is 9.80. The van der Waals surface area contributed by atoms with Crippen LogP contribution in [0.15, 0.2) is 114 Å². The van der Waals surface area contributed by atoms with Crippen molar-refractivity contribution >= 4 is 18.0 Å². The Morgan fingerprint density at radius 1 is 0.842 bits per heavy atom. The largest absolute Gasteiger partial charge is 0.356 e. The molecule has 0 aliphatic heterocycles. The molecule has 5 nitrogen and oxygen atoms in total. The quantitative estimate of drug-likeness (QED) is 0.114. The molecule has 0 saturated carbocycles. The Hall–Kier alpha value is -4.00. The van der Waals surface area contributed by atoms with E-state index in [0.29, 0.717) is 18.1 Å². The zero-order chi connectivity index (χ0) is 26.4. The molecule has 0 spiro atoms. The van der Waals surface area contributed by atoms with Crippen molar-refractivity contribution in [1.82, 2.24) is 14.5 Å². The number of hydrogen-bond acceptors (Lipinski definition) is 5. The van der Waals surface area contributed by atoms with Crippen LogP contribution < -0.4 is 0 Å². The number of pyridine rings is 1. The van der Waals surface area contributed by atoms with Crippen molar-refractivity contribution in [2.24, 2.45) is 7.05 Å². The van der Waals surface area contributed by atoms with Crippen molar-refractivity contribution in [3.8, 4) is 11.5 Å². The highest BCUT2D eigenvalue weighted by molar-refractivity contribution is 7.99. The van der Waals surface area contributed by atoms with Crippen LogP contribution >= 0.6 is 11.8 Å². The second kappa shape index (κ2) is 11.6. The summed E-state index contributed by atoms with van der Waals surface area (Å²) in [5.41, 5.74) is 4.59. The summed E-state index contributed by atoms with van der Waals surface area (Å²) in [6.45, 7) is 2.46. The molecule has 0 aliphatic rings. The third-order valence-corrected chi connectivity index (χ3v) is 7.47. The van der Waals surface area contributed by atoms with Gasteiger partial charge in [-0.1, -0.05) is 97.9 Å². The summed E-state index contributed by atoms with van der Waals surface area (Å²) in [7, 11) is 1.83. The Kier molecular flexibility index (Phi) is 7.82. The van der Waals surface area contributed by atoms with E-state index in [4.69, 9.17) is 9.72 Å². The van der Waals surface area contributed by atoms with Gasteiger partial charge in [-0.15, -0.1) is 11.8 Å². The molecule has 0 N–H and O–H groups in total. The molecule has 6 heteroatoms.